The highest BCUT2D eigenvalue weighted by Crippen LogP contribution is 2.27. The van der Waals surface area contributed by atoms with Gasteiger partial charge in [-0.25, -0.2) is 8.42 Å². The van der Waals surface area contributed by atoms with Crippen LogP contribution in [0.4, 0.5) is 11.4 Å². The second-order valence-electron chi connectivity index (χ2n) is 7.55. The molecular formula is C24H19ClN2O5S. The predicted molar refractivity (Wildman–Crippen MR) is 128 cm³/mol. The van der Waals surface area contributed by atoms with Crippen molar-refractivity contribution in [1.29, 1.82) is 0 Å². The third-order valence-electron chi connectivity index (χ3n) is 4.90. The Balaban J connectivity index is 1.48. The first-order chi connectivity index (χ1) is 15.6. The van der Waals surface area contributed by atoms with E-state index < -0.39 is 21.7 Å². The Kier molecular flexibility index (Phi) is 5.97. The zero-order valence-electron chi connectivity index (χ0n) is 17.7. The summed E-state index contributed by atoms with van der Waals surface area (Å²) in [6.07, 6.45) is 1.07. The second kappa shape index (κ2) is 8.73. The number of hydrogen-bond donors (Lipinski definition) is 2. The minimum Gasteiger partial charge on any atom is -0.451 e. The van der Waals surface area contributed by atoms with E-state index in [9.17, 15) is 18.0 Å². The Bertz CT molecular complexity index is 1510. The number of aryl methyl sites for hydroxylation is 1. The number of furan rings is 1. The third kappa shape index (κ3) is 5.08. The Morgan fingerprint density at radius 1 is 0.909 bits per heavy atom. The highest BCUT2D eigenvalue weighted by molar-refractivity contribution is 7.90. The van der Waals surface area contributed by atoms with Gasteiger partial charge in [0, 0.05) is 22.9 Å². The summed E-state index contributed by atoms with van der Waals surface area (Å²) >= 11 is 6.29. The Morgan fingerprint density at radius 3 is 2.42 bits per heavy atom. The van der Waals surface area contributed by atoms with Gasteiger partial charge in [-0.1, -0.05) is 29.3 Å². The maximum atomic E-state index is 12.6. The molecule has 1 aromatic heterocycles. The lowest BCUT2D eigenvalue weighted by Gasteiger charge is -2.10. The molecule has 0 saturated heterocycles. The normalized spacial score (nSPS) is 11.4. The number of carbonyl (C=O) groups is 2. The van der Waals surface area contributed by atoms with Gasteiger partial charge in [-0.3, -0.25) is 9.59 Å². The number of halogens is 1. The van der Waals surface area contributed by atoms with Crippen molar-refractivity contribution in [3.05, 3.63) is 88.6 Å². The molecule has 0 fully saturated rings. The molecule has 4 rings (SSSR count). The number of nitrogens with one attached hydrogen (secondary N) is 2. The van der Waals surface area contributed by atoms with E-state index in [-0.39, 0.29) is 21.2 Å². The fourth-order valence-corrected chi connectivity index (χ4v) is 4.12. The van der Waals surface area contributed by atoms with Gasteiger partial charge in [-0.2, -0.15) is 0 Å². The topological polar surface area (TPSA) is 105 Å². The number of sulfone groups is 1. The molecule has 1 heterocycles. The van der Waals surface area contributed by atoms with Gasteiger partial charge < -0.3 is 15.1 Å². The fourth-order valence-electron chi connectivity index (χ4n) is 3.22. The summed E-state index contributed by atoms with van der Waals surface area (Å²) in [6.45, 7) is 1.96. The van der Waals surface area contributed by atoms with E-state index in [1.165, 1.54) is 36.4 Å². The number of carbonyl (C=O) groups excluding carboxylic acids is 2. The maximum absolute atomic E-state index is 12.6. The molecule has 3 aromatic carbocycles. The third-order valence-corrected chi connectivity index (χ3v) is 6.32. The van der Waals surface area contributed by atoms with Gasteiger partial charge in [0.2, 0.25) is 0 Å². The highest BCUT2D eigenvalue weighted by Gasteiger charge is 2.15. The Hall–Kier alpha value is -3.62. The van der Waals surface area contributed by atoms with E-state index in [0.717, 1.165) is 17.2 Å². The van der Waals surface area contributed by atoms with Gasteiger partial charge in [0.25, 0.3) is 11.8 Å². The Labute approximate surface area is 195 Å². The average molecular weight is 483 g/mol. The van der Waals surface area contributed by atoms with Gasteiger partial charge in [0.15, 0.2) is 15.6 Å². The summed E-state index contributed by atoms with van der Waals surface area (Å²) in [6, 6.07) is 17.6. The fraction of sp³-hybridized carbons (Fsp3) is 0.0833. The molecule has 0 saturated carbocycles. The van der Waals surface area contributed by atoms with Crippen molar-refractivity contribution >= 4 is 55.6 Å². The maximum Gasteiger partial charge on any atom is 0.291 e. The summed E-state index contributed by atoms with van der Waals surface area (Å²) in [5, 5.41) is 6.38. The van der Waals surface area contributed by atoms with Crippen molar-refractivity contribution in [2.75, 3.05) is 16.9 Å². The van der Waals surface area contributed by atoms with Crippen LogP contribution in [-0.4, -0.2) is 26.5 Å². The van der Waals surface area contributed by atoms with Gasteiger partial charge in [0.05, 0.1) is 15.6 Å². The van der Waals surface area contributed by atoms with Crippen molar-refractivity contribution in [3.63, 3.8) is 0 Å². The number of amides is 2. The molecule has 0 atom stereocenters. The molecule has 0 aliphatic carbocycles. The van der Waals surface area contributed by atoms with Gasteiger partial charge >= 0.3 is 0 Å². The van der Waals surface area contributed by atoms with Crippen LogP contribution >= 0.6 is 11.6 Å². The SMILES string of the molecule is Cc1ccc2oc(C(=O)Nc3ccc(NC(=O)c4cccc(S(C)(=O)=O)c4)c(Cl)c3)cc2c1. The summed E-state index contributed by atoms with van der Waals surface area (Å²) in [5.74, 6) is -0.791. The van der Waals surface area contributed by atoms with Crippen LogP contribution in [0.3, 0.4) is 0 Å². The quantitative estimate of drug-likeness (QED) is 0.401. The van der Waals surface area contributed by atoms with Crippen LogP contribution in [0, 0.1) is 6.92 Å². The van der Waals surface area contributed by atoms with Gasteiger partial charge in [0.1, 0.15) is 5.58 Å². The molecule has 0 aliphatic heterocycles. The smallest absolute Gasteiger partial charge is 0.291 e. The molecule has 0 spiro atoms. The van der Waals surface area contributed by atoms with Crippen molar-refractivity contribution in [2.45, 2.75) is 11.8 Å². The van der Waals surface area contributed by atoms with Crippen molar-refractivity contribution < 1.29 is 22.4 Å². The van der Waals surface area contributed by atoms with Crippen molar-refractivity contribution in [1.82, 2.24) is 0 Å². The van der Waals surface area contributed by atoms with Crippen LogP contribution in [0.15, 0.2) is 76.0 Å². The molecule has 7 nitrogen and oxygen atoms in total. The molecule has 168 valence electrons. The standard InChI is InChI=1S/C24H19ClN2O5S/c1-14-6-9-21-16(10-14)12-22(32-21)24(29)26-17-7-8-20(19(25)13-17)27-23(28)15-4-3-5-18(11-15)33(2,30)31/h3-13H,1-2H3,(H,26,29)(H,27,28). The lowest BCUT2D eigenvalue weighted by Crippen LogP contribution is -2.14. The first-order valence-corrected chi connectivity index (χ1v) is 12.1. The zero-order chi connectivity index (χ0) is 23.8. The van der Waals surface area contributed by atoms with Crippen LogP contribution in [0.1, 0.15) is 26.5 Å². The summed E-state index contributed by atoms with van der Waals surface area (Å²) in [5.41, 5.74) is 2.57. The van der Waals surface area contributed by atoms with Crippen LogP contribution < -0.4 is 10.6 Å². The molecule has 33 heavy (non-hydrogen) atoms. The van der Waals surface area contributed by atoms with E-state index >= 15 is 0 Å². The molecule has 0 unspecified atom stereocenters. The van der Waals surface area contributed by atoms with Crippen molar-refractivity contribution in [2.24, 2.45) is 0 Å². The number of rotatable bonds is 5. The van der Waals surface area contributed by atoms with E-state index in [2.05, 4.69) is 10.6 Å². The van der Waals surface area contributed by atoms with Gasteiger partial charge in [-0.05, 0) is 61.5 Å². The van der Waals surface area contributed by atoms with E-state index in [4.69, 9.17) is 16.0 Å². The lowest BCUT2D eigenvalue weighted by molar-refractivity contribution is 0.0996. The minimum atomic E-state index is -3.44. The highest BCUT2D eigenvalue weighted by atomic mass is 35.5. The number of benzene rings is 3. The minimum absolute atomic E-state index is 0.0417. The predicted octanol–water partition coefficient (Wildman–Crippen LogP) is 5.30. The molecule has 2 amide bonds. The van der Waals surface area contributed by atoms with Crippen LogP contribution in [-0.2, 0) is 9.84 Å². The second-order valence-corrected chi connectivity index (χ2v) is 9.98. The van der Waals surface area contributed by atoms with Crippen LogP contribution in [0.5, 0.6) is 0 Å². The summed E-state index contributed by atoms with van der Waals surface area (Å²) in [4.78, 5) is 25.2. The summed E-state index contributed by atoms with van der Waals surface area (Å²) < 4.78 is 29.0. The molecule has 0 radical (unpaired) electrons. The molecular weight excluding hydrogens is 464 g/mol. The molecule has 2 N–H and O–H groups in total. The molecule has 0 bridgehead atoms. The number of anilines is 2. The first-order valence-electron chi connectivity index (χ1n) is 9.83. The zero-order valence-corrected chi connectivity index (χ0v) is 19.3. The van der Waals surface area contributed by atoms with Crippen molar-refractivity contribution in [3.8, 4) is 0 Å². The monoisotopic (exact) mass is 482 g/mol. The van der Waals surface area contributed by atoms with Crippen LogP contribution in [0.2, 0.25) is 5.02 Å². The number of hydrogen-bond acceptors (Lipinski definition) is 5. The summed E-state index contributed by atoms with van der Waals surface area (Å²) in [7, 11) is -3.44. The molecule has 0 aliphatic rings. The van der Waals surface area contributed by atoms with E-state index in [1.807, 2.05) is 19.1 Å². The molecule has 4 aromatic rings. The first kappa shape index (κ1) is 22.6. The number of fused-ring (bicyclic) bond motifs is 1. The van der Waals surface area contributed by atoms with E-state index in [0.29, 0.717) is 17.0 Å². The van der Waals surface area contributed by atoms with E-state index in [1.54, 1.807) is 18.2 Å². The largest absolute Gasteiger partial charge is 0.451 e. The lowest BCUT2D eigenvalue weighted by atomic mass is 10.2. The van der Waals surface area contributed by atoms with Crippen LogP contribution in [0.25, 0.3) is 11.0 Å². The van der Waals surface area contributed by atoms with Gasteiger partial charge in [-0.15, -0.1) is 0 Å². The molecule has 9 heteroatoms. The average Bonchev–Trinajstić information content (AvgIpc) is 3.18. The Morgan fingerprint density at radius 2 is 1.70 bits per heavy atom.